The number of rotatable bonds is 3. The number of nitrogens with zero attached hydrogens (tertiary/aromatic N) is 3. The fourth-order valence-electron chi connectivity index (χ4n) is 1.20. The average Bonchev–Trinajstić information content (AvgIpc) is 2.64. The maximum Gasteiger partial charge on any atom is 0.259 e. The summed E-state index contributed by atoms with van der Waals surface area (Å²) in [5.41, 5.74) is 6.03. The van der Waals surface area contributed by atoms with Crippen LogP contribution in [-0.4, -0.2) is 29.8 Å². The Kier molecular flexibility index (Phi) is 2.80. The Morgan fingerprint density at radius 2 is 2.18 bits per heavy atom. The molecule has 2 rings (SSSR count). The number of sulfone groups is 1. The lowest BCUT2D eigenvalue weighted by molar-refractivity contribution is 0.424. The van der Waals surface area contributed by atoms with Gasteiger partial charge < -0.3 is 10.3 Å². The summed E-state index contributed by atoms with van der Waals surface area (Å²) in [6.07, 6.45) is 2.58. The van der Waals surface area contributed by atoms with Crippen molar-refractivity contribution >= 4 is 15.7 Å². The van der Waals surface area contributed by atoms with Crippen LogP contribution in [0.2, 0.25) is 0 Å². The Balaban J connectivity index is 2.27. The lowest BCUT2D eigenvalue weighted by atomic mass is 10.3. The highest BCUT2D eigenvalue weighted by Crippen LogP contribution is 2.17. The molecule has 0 fully saturated rings. The van der Waals surface area contributed by atoms with Crippen molar-refractivity contribution in [3.8, 4) is 11.5 Å². The maximum atomic E-state index is 11.0. The first-order valence-corrected chi connectivity index (χ1v) is 6.72. The van der Waals surface area contributed by atoms with Crippen LogP contribution in [-0.2, 0) is 15.6 Å². The summed E-state index contributed by atoms with van der Waals surface area (Å²) in [7, 11) is -3.17. The number of nitrogens with two attached hydrogens (primary N) is 1. The molecule has 0 aromatic carbocycles. The Hall–Kier alpha value is -1.96. The van der Waals surface area contributed by atoms with Crippen LogP contribution in [0.4, 0.5) is 5.82 Å². The van der Waals surface area contributed by atoms with Crippen molar-refractivity contribution in [3.05, 3.63) is 24.2 Å². The highest BCUT2D eigenvalue weighted by atomic mass is 32.2. The smallest absolute Gasteiger partial charge is 0.259 e. The lowest BCUT2D eigenvalue weighted by Gasteiger charge is -1.93. The molecule has 0 aliphatic carbocycles. The van der Waals surface area contributed by atoms with Gasteiger partial charge in [-0.05, 0) is 12.1 Å². The molecule has 0 unspecified atom stereocenters. The molecule has 0 atom stereocenters. The van der Waals surface area contributed by atoms with Gasteiger partial charge in [-0.25, -0.2) is 13.4 Å². The highest BCUT2D eigenvalue weighted by molar-refractivity contribution is 7.89. The zero-order valence-electron chi connectivity index (χ0n) is 8.99. The van der Waals surface area contributed by atoms with Gasteiger partial charge in [0.05, 0.1) is 5.56 Å². The zero-order valence-corrected chi connectivity index (χ0v) is 9.81. The molecule has 7 nitrogen and oxygen atoms in total. The summed E-state index contributed by atoms with van der Waals surface area (Å²) < 4.78 is 27.0. The van der Waals surface area contributed by atoms with Crippen LogP contribution in [0.25, 0.3) is 11.5 Å². The summed E-state index contributed by atoms with van der Waals surface area (Å²) in [6, 6.07) is 3.26. The van der Waals surface area contributed by atoms with Crippen LogP contribution in [0.5, 0.6) is 0 Å². The summed E-state index contributed by atoms with van der Waals surface area (Å²) in [4.78, 5) is 7.83. The molecule has 0 saturated carbocycles. The molecule has 0 aliphatic rings. The van der Waals surface area contributed by atoms with Crippen molar-refractivity contribution in [2.75, 3.05) is 12.0 Å². The van der Waals surface area contributed by atoms with Crippen LogP contribution in [0.15, 0.2) is 22.9 Å². The van der Waals surface area contributed by atoms with Gasteiger partial charge in [0.1, 0.15) is 11.6 Å². The minimum absolute atomic E-state index is 0.124. The van der Waals surface area contributed by atoms with Gasteiger partial charge in [-0.2, -0.15) is 4.98 Å². The molecular weight excluding hydrogens is 244 g/mol. The molecule has 90 valence electrons. The first-order valence-electron chi connectivity index (χ1n) is 4.66. The van der Waals surface area contributed by atoms with Crippen molar-refractivity contribution in [3.63, 3.8) is 0 Å². The monoisotopic (exact) mass is 254 g/mol. The molecule has 0 spiro atoms. The quantitative estimate of drug-likeness (QED) is 0.835. The second-order valence-corrected chi connectivity index (χ2v) is 5.70. The minimum Gasteiger partial charge on any atom is -0.384 e. The highest BCUT2D eigenvalue weighted by Gasteiger charge is 2.13. The second kappa shape index (κ2) is 4.13. The second-order valence-electron chi connectivity index (χ2n) is 3.56. The SMILES string of the molecule is CS(=O)(=O)Cc1noc(-c2ccc(N)nc2)n1. The van der Waals surface area contributed by atoms with E-state index >= 15 is 0 Å². The number of anilines is 1. The van der Waals surface area contributed by atoms with Crippen LogP contribution < -0.4 is 5.73 Å². The summed E-state index contributed by atoms with van der Waals surface area (Å²) >= 11 is 0. The van der Waals surface area contributed by atoms with E-state index in [2.05, 4.69) is 15.1 Å². The van der Waals surface area contributed by atoms with E-state index in [0.29, 0.717) is 11.4 Å². The molecule has 2 aromatic rings. The third kappa shape index (κ3) is 3.00. The van der Waals surface area contributed by atoms with Gasteiger partial charge in [0, 0.05) is 12.5 Å². The first-order chi connectivity index (χ1) is 7.94. The molecule has 8 heteroatoms. The van der Waals surface area contributed by atoms with E-state index in [1.165, 1.54) is 6.20 Å². The van der Waals surface area contributed by atoms with Gasteiger partial charge in [0.15, 0.2) is 15.7 Å². The fraction of sp³-hybridized carbons (Fsp3) is 0.222. The van der Waals surface area contributed by atoms with E-state index in [1.54, 1.807) is 12.1 Å². The standard InChI is InChI=1S/C9H10N4O3S/c1-17(14,15)5-8-12-9(16-13-8)6-2-3-7(10)11-4-6/h2-4H,5H2,1H3,(H2,10,11). The average molecular weight is 254 g/mol. The molecule has 2 N–H and O–H groups in total. The Morgan fingerprint density at radius 3 is 2.76 bits per heavy atom. The number of aromatic nitrogens is 3. The van der Waals surface area contributed by atoms with Crippen molar-refractivity contribution in [2.24, 2.45) is 0 Å². The van der Waals surface area contributed by atoms with Gasteiger partial charge in [0.2, 0.25) is 0 Å². The molecule has 0 bridgehead atoms. The van der Waals surface area contributed by atoms with Gasteiger partial charge in [-0.1, -0.05) is 5.16 Å². The summed E-state index contributed by atoms with van der Waals surface area (Å²) in [5.74, 6) is 0.471. The molecule has 0 amide bonds. The van der Waals surface area contributed by atoms with Gasteiger partial charge >= 0.3 is 0 Å². The van der Waals surface area contributed by atoms with Crippen LogP contribution in [0, 0.1) is 0 Å². The largest absolute Gasteiger partial charge is 0.384 e. The number of pyridine rings is 1. The molecule has 0 saturated heterocycles. The molecule has 0 aliphatic heterocycles. The normalized spacial score (nSPS) is 11.6. The van der Waals surface area contributed by atoms with Gasteiger partial charge in [0.25, 0.3) is 5.89 Å². The summed E-state index contributed by atoms with van der Waals surface area (Å²) in [6.45, 7) is 0. The van der Waals surface area contributed by atoms with Crippen LogP contribution in [0.3, 0.4) is 0 Å². The predicted octanol–water partition coefficient (Wildman–Crippen LogP) is 0.258. The predicted molar refractivity (Wildman–Crippen MR) is 60.5 cm³/mol. The van der Waals surface area contributed by atoms with Crippen molar-refractivity contribution < 1.29 is 12.9 Å². The van der Waals surface area contributed by atoms with Crippen molar-refractivity contribution in [1.82, 2.24) is 15.1 Å². The Bertz CT molecular complexity index is 618. The molecule has 0 radical (unpaired) electrons. The number of nitrogen functional groups attached to an aromatic ring is 1. The Morgan fingerprint density at radius 1 is 1.41 bits per heavy atom. The first kappa shape index (κ1) is 11.5. The van der Waals surface area contributed by atoms with Gasteiger partial charge in [-0.3, -0.25) is 0 Å². The summed E-state index contributed by atoms with van der Waals surface area (Å²) in [5, 5.41) is 3.58. The van der Waals surface area contributed by atoms with Crippen LogP contribution in [0.1, 0.15) is 5.82 Å². The molecule has 17 heavy (non-hydrogen) atoms. The molecule has 2 heterocycles. The molecule has 2 aromatic heterocycles. The van der Waals surface area contributed by atoms with E-state index in [0.717, 1.165) is 6.26 Å². The Labute approximate surface area is 97.6 Å². The van der Waals surface area contributed by atoms with Crippen molar-refractivity contribution in [2.45, 2.75) is 5.75 Å². The third-order valence-corrected chi connectivity index (χ3v) is 2.68. The van der Waals surface area contributed by atoms with E-state index in [-0.39, 0.29) is 17.5 Å². The van der Waals surface area contributed by atoms with Gasteiger partial charge in [-0.15, -0.1) is 0 Å². The third-order valence-electron chi connectivity index (χ3n) is 1.89. The van der Waals surface area contributed by atoms with E-state index in [9.17, 15) is 8.42 Å². The minimum atomic E-state index is -3.17. The van der Waals surface area contributed by atoms with Crippen molar-refractivity contribution in [1.29, 1.82) is 0 Å². The topological polar surface area (TPSA) is 112 Å². The zero-order chi connectivity index (χ0) is 12.5. The molecular formula is C9H10N4O3S. The maximum absolute atomic E-state index is 11.0. The van der Waals surface area contributed by atoms with E-state index < -0.39 is 9.84 Å². The number of hydrogen-bond donors (Lipinski definition) is 1. The number of hydrogen-bond acceptors (Lipinski definition) is 7. The van der Waals surface area contributed by atoms with Crippen LogP contribution >= 0.6 is 0 Å². The lowest BCUT2D eigenvalue weighted by Crippen LogP contribution is -2.02. The van der Waals surface area contributed by atoms with E-state index in [1.807, 2.05) is 0 Å². The van der Waals surface area contributed by atoms with E-state index in [4.69, 9.17) is 10.3 Å². The fourth-order valence-corrected chi connectivity index (χ4v) is 1.78.